The second-order valence-electron chi connectivity index (χ2n) is 14.5. The van der Waals surface area contributed by atoms with E-state index in [0.717, 1.165) is 12.8 Å². The topological polar surface area (TPSA) is 21.7 Å². The number of benzene rings is 4. The Bertz CT molecular complexity index is 2410. The van der Waals surface area contributed by atoms with E-state index in [4.69, 9.17) is 0 Å². The summed E-state index contributed by atoms with van der Waals surface area (Å²) in [5, 5.41) is 5.20. The Labute approximate surface area is 271 Å². The van der Waals surface area contributed by atoms with Crippen molar-refractivity contribution in [2.75, 3.05) is 0 Å². The highest BCUT2D eigenvalue weighted by Gasteiger charge is 2.56. The van der Waals surface area contributed by atoms with Crippen LogP contribution in [0.2, 0.25) is 0 Å². The molecule has 3 heteroatoms. The summed E-state index contributed by atoms with van der Waals surface area (Å²) in [6, 6.07) is 34.6. The molecule has 2 aliphatic rings. The van der Waals surface area contributed by atoms with Crippen LogP contribution in [-0.4, -0.2) is 9.55 Å². The summed E-state index contributed by atoms with van der Waals surface area (Å²) >= 11 is 0. The van der Waals surface area contributed by atoms with Gasteiger partial charge in [-0.25, -0.2) is 0 Å². The van der Waals surface area contributed by atoms with Crippen LogP contribution in [0.3, 0.4) is 0 Å². The van der Waals surface area contributed by atoms with Crippen molar-refractivity contribution in [3.05, 3.63) is 126 Å². The first kappa shape index (κ1) is 27.5. The van der Waals surface area contributed by atoms with Crippen LogP contribution < -0.4 is 4.57 Å². The van der Waals surface area contributed by atoms with Crippen LogP contribution in [0, 0.1) is 0 Å². The molecule has 0 aliphatic carbocycles. The normalized spacial score (nSPS) is 20.9. The molecule has 0 saturated carbocycles. The molecule has 0 fully saturated rings. The number of hydrogen-bond acceptors (Lipinski definition) is 1. The monoisotopic (exact) mass is 598 g/mol. The summed E-state index contributed by atoms with van der Waals surface area (Å²) in [5.41, 5.74) is 12.9. The SMILES string of the molecule is CCC1(C)c2ccc(-c3ccc4c(c3)c3cccc5c3n4-c3cnccc3C5(C)C)cc2-c2c3ccccc3cc[n+]2C1(C)CC. The second-order valence-corrected chi connectivity index (χ2v) is 14.5. The quantitative estimate of drug-likeness (QED) is 0.185. The highest BCUT2D eigenvalue weighted by Crippen LogP contribution is 2.52. The largest absolute Gasteiger partial charge is 0.307 e. The van der Waals surface area contributed by atoms with Crippen LogP contribution in [-0.2, 0) is 16.4 Å². The van der Waals surface area contributed by atoms with Gasteiger partial charge in [0, 0.05) is 41.8 Å². The molecule has 2 aliphatic heterocycles. The molecule has 0 radical (unpaired) electrons. The van der Waals surface area contributed by atoms with Gasteiger partial charge in [-0.3, -0.25) is 4.98 Å². The maximum Gasteiger partial charge on any atom is 0.221 e. The number of aromatic nitrogens is 3. The third-order valence-electron chi connectivity index (χ3n) is 12.4. The van der Waals surface area contributed by atoms with Crippen molar-refractivity contribution in [3.63, 3.8) is 0 Å². The lowest BCUT2D eigenvalue weighted by atomic mass is 9.60. The summed E-state index contributed by atoms with van der Waals surface area (Å²) in [6.45, 7) is 14.3. The fraction of sp³-hybridized carbons (Fsp3) is 0.256. The van der Waals surface area contributed by atoms with Crippen LogP contribution in [0.25, 0.3) is 60.6 Å². The lowest BCUT2D eigenvalue weighted by Crippen LogP contribution is -2.67. The number of pyridine rings is 2. The molecule has 5 heterocycles. The zero-order chi connectivity index (χ0) is 31.6. The molecule has 2 unspecified atom stereocenters. The molecule has 0 saturated heterocycles. The van der Waals surface area contributed by atoms with Crippen molar-refractivity contribution < 1.29 is 4.57 Å². The average molecular weight is 599 g/mol. The van der Waals surface area contributed by atoms with E-state index >= 15 is 0 Å². The first-order chi connectivity index (χ1) is 22.2. The molecule has 3 nitrogen and oxygen atoms in total. The minimum atomic E-state index is -0.101. The number of hydrogen-bond donors (Lipinski definition) is 0. The molecular weight excluding hydrogens is 558 g/mol. The van der Waals surface area contributed by atoms with E-state index in [0.29, 0.717) is 0 Å². The summed E-state index contributed by atoms with van der Waals surface area (Å²) in [5.74, 6) is 0. The molecular formula is C43H40N3+. The standard InChI is InChI=1S/C43H40N3/c1-7-42(5)34-18-16-28(25-33(34)39-30-13-10-9-12-27(30)21-23-45(39)43(42,6)8-2)29-17-19-37-32(24-29)31-14-11-15-36-40(31)46(37)38-26-44-22-20-35(38)41(36,3)4/h9-26H,7-8H2,1-6H3/q+1. The van der Waals surface area contributed by atoms with Crippen LogP contribution >= 0.6 is 0 Å². The minimum absolute atomic E-state index is 0.00695. The van der Waals surface area contributed by atoms with Crippen molar-refractivity contribution in [1.29, 1.82) is 0 Å². The summed E-state index contributed by atoms with van der Waals surface area (Å²) in [4.78, 5) is 4.57. The van der Waals surface area contributed by atoms with Gasteiger partial charge in [-0.2, -0.15) is 4.57 Å². The van der Waals surface area contributed by atoms with Gasteiger partial charge in [0.2, 0.25) is 5.69 Å². The molecule has 7 aromatic rings. The van der Waals surface area contributed by atoms with E-state index in [1.807, 2.05) is 12.4 Å². The van der Waals surface area contributed by atoms with Gasteiger partial charge in [0.25, 0.3) is 0 Å². The molecule has 226 valence electrons. The highest BCUT2D eigenvalue weighted by atomic mass is 15.1. The van der Waals surface area contributed by atoms with Gasteiger partial charge < -0.3 is 4.57 Å². The molecule has 0 amide bonds. The molecule has 0 bridgehead atoms. The molecule has 4 aromatic carbocycles. The van der Waals surface area contributed by atoms with Gasteiger partial charge in [0.05, 0.1) is 39.3 Å². The van der Waals surface area contributed by atoms with Crippen molar-refractivity contribution in [2.45, 2.75) is 70.8 Å². The summed E-state index contributed by atoms with van der Waals surface area (Å²) in [7, 11) is 0. The summed E-state index contributed by atoms with van der Waals surface area (Å²) in [6.07, 6.45) is 8.45. The number of rotatable bonds is 3. The lowest BCUT2D eigenvalue weighted by Gasteiger charge is -2.46. The smallest absolute Gasteiger partial charge is 0.221 e. The highest BCUT2D eigenvalue weighted by molar-refractivity contribution is 6.12. The molecule has 0 N–H and O–H groups in total. The molecule has 46 heavy (non-hydrogen) atoms. The van der Waals surface area contributed by atoms with E-state index in [9.17, 15) is 0 Å². The van der Waals surface area contributed by atoms with E-state index in [1.54, 1.807) is 0 Å². The maximum atomic E-state index is 4.57. The van der Waals surface area contributed by atoms with Crippen LogP contribution in [0.5, 0.6) is 0 Å². The first-order valence-electron chi connectivity index (χ1n) is 16.8. The van der Waals surface area contributed by atoms with Crippen molar-refractivity contribution >= 4 is 32.6 Å². The molecule has 2 atom stereocenters. The predicted octanol–water partition coefficient (Wildman–Crippen LogP) is 10.4. The van der Waals surface area contributed by atoms with Crippen LogP contribution in [0.15, 0.2) is 110 Å². The zero-order valence-electron chi connectivity index (χ0n) is 27.6. The first-order valence-corrected chi connectivity index (χ1v) is 16.8. The van der Waals surface area contributed by atoms with Gasteiger partial charge in [-0.1, -0.05) is 82.3 Å². The lowest BCUT2D eigenvalue weighted by molar-refractivity contribution is -0.764. The zero-order valence-corrected chi connectivity index (χ0v) is 27.6. The van der Waals surface area contributed by atoms with Gasteiger partial charge >= 0.3 is 0 Å². The van der Waals surface area contributed by atoms with E-state index in [1.165, 1.54) is 77.3 Å². The Morgan fingerprint density at radius 2 is 1.48 bits per heavy atom. The molecule has 3 aromatic heterocycles. The number of para-hydroxylation sites is 1. The van der Waals surface area contributed by atoms with E-state index < -0.39 is 0 Å². The van der Waals surface area contributed by atoms with Crippen LogP contribution in [0.4, 0.5) is 0 Å². The number of fused-ring (bicyclic) bond motifs is 10. The van der Waals surface area contributed by atoms with Crippen molar-refractivity contribution in [2.24, 2.45) is 0 Å². The Hall–Kier alpha value is -4.76. The van der Waals surface area contributed by atoms with E-state index in [-0.39, 0.29) is 16.4 Å². The second kappa shape index (κ2) is 9.16. The fourth-order valence-electron chi connectivity index (χ4n) is 9.23. The Kier molecular flexibility index (Phi) is 5.49. The van der Waals surface area contributed by atoms with Gasteiger partial charge in [-0.15, -0.1) is 0 Å². The van der Waals surface area contributed by atoms with Crippen LogP contribution in [0.1, 0.15) is 71.1 Å². The average Bonchev–Trinajstić information content (AvgIpc) is 3.43. The van der Waals surface area contributed by atoms with Gasteiger partial charge in [0.15, 0.2) is 11.7 Å². The third kappa shape index (κ3) is 3.23. The molecule has 0 spiro atoms. The van der Waals surface area contributed by atoms with Gasteiger partial charge in [-0.05, 0) is 76.9 Å². The fourth-order valence-corrected chi connectivity index (χ4v) is 9.23. The third-order valence-corrected chi connectivity index (χ3v) is 12.4. The molecule has 9 rings (SSSR count). The minimum Gasteiger partial charge on any atom is -0.307 e. The predicted molar refractivity (Wildman–Crippen MR) is 191 cm³/mol. The Morgan fingerprint density at radius 1 is 0.696 bits per heavy atom. The van der Waals surface area contributed by atoms with Crippen molar-refractivity contribution in [3.8, 4) is 28.1 Å². The Balaban J connectivity index is 1.31. The Morgan fingerprint density at radius 3 is 2.30 bits per heavy atom. The maximum absolute atomic E-state index is 4.57. The van der Waals surface area contributed by atoms with Crippen molar-refractivity contribution in [1.82, 2.24) is 9.55 Å². The van der Waals surface area contributed by atoms with Gasteiger partial charge in [0.1, 0.15) is 0 Å². The number of nitrogens with zero attached hydrogens (tertiary/aromatic N) is 3. The van der Waals surface area contributed by atoms with E-state index in [2.05, 4.69) is 153 Å². The summed E-state index contributed by atoms with van der Waals surface area (Å²) < 4.78 is 5.05.